The van der Waals surface area contributed by atoms with Crippen molar-refractivity contribution in [2.45, 2.75) is 31.7 Å². The average Bonchev–Trinajstić information content (AvgIpc) is 2.98. The molecule has 0 saturated carbocycles. The predicted octanol–water partition coefficient (Wildman–Crippen LogP) is 4.70. The van der Waals surface area contributed by atoms with E-state index in [1.807, 2.05) is 30.3 Å². The van der Waals surface area contributed by atoms with Gasteiger partial charge in [-0.15, -0.1) is 0 Å². The Morgan fingerprint density at radius 2 is 1.74 bits per heavy atom. The SMILES string of the molecule is COc1ccccc1C(=O)NCC(c1ccccc1Cl)N1CCCCCC1. The molecule has 144 valence electrons. The zero-order valence-electron chi connectivity index (χ0n) is 15.8. The first kappa shape index (κ1) is 19.7. The molecule has 1 heterocycles. The Hall–Kier alpha value is -2.04. The molecule has 5 heteroatoms. The number of carbonyl (C=O) groups is 1. The van der Waals surface area contributed by atoms with E-state index in [9.17, 15) is 4.79 Å². The third-order valence-corrected chi connectivity index (χ3v) is 5.50. The van der Waals surface area contributed by atoms with Gasteiger partial charge in [-0.2, -0.15) is 0 Å². The zero-order valence-corrected chi connectivity index (χ0v) is 16.5. The van der Waals surface area contributed by atoms with Crippen molar-refractivity contribution in [1.82, 2.24) is 10.2 Å². The lowest BCUT2D eigenvalue weighted by Gasteiger charge is -2.32. The van der Waals surface area contributed by atoms with Gasteiger partial charge in [-0.3, -0.25) is 9.69 Å². The molecule has 0 aliphatic carbocycles. The van der Waals surface area contributed by atoms with Gasteiger partial charge < -0.3 is 10.1 Å². The normalized spacial score (nSPS) is 16.4. The van der Waals surface area contributed by atoms with Crippen LogP contribution in [0.15, 0.2) is 48.5 Å². The molecule has 27 heavy (non-hydrogen) atoms. The number of para-hydroxylation sites is 1. The van der Waals surface area contributed by atoms with E-state index in [4.69, 9.17) is 16.3 Å². The Kier molecular flexibility index (Phi) is 7.13. The third-order valence-electron chi connectivity index (χ3n) is 5.15. The van der Waals surface area contributed by atoms with E-state index >= 15 is 0 Å². The van der Waals surface area contributed by atoms with E-state index in [0.717, 1.165) is 23.7 Å². The van der Waals surface area contributed by atoms with E-state index in [1.165, 1.54) is 25.7 Å². The molecular formula is C22H27ClN2O2. The third kappa shape index (κ3) is 5.02. The van der Waals surface area contributed by atoms with Gasteiger partial charge in [-0.25, -0.2) is 0 Å². The number of hydrogen-bond acceptors (Lipinski definition) is 3. The van der Waals surface area contributed by atoms with Crippen molar-refractivity contribution in [3.8, 4) is 5.75 Å². The molecule has 0 spiro atoms. The molecule has 1 unspecified atom stereocenters. The fraction of sp³-hybridized carbons (Fsp3) is 0.409. The first-order valence-corrected chi connectivity index (χ1v) is 9.98. The lowest BCUT2D eigenvalue weighted by atomic mass is 10.0. The molecule has 0 radical (unpaired) electrons. The van der Waals surface area contributed by atoms with Crippen molar-refractivity contribution in [2.24, 2.45) is 0 Å². The van der Waals surface area contributed by atoms with Crippen LogP contribution in [0.2, 0.25) is 5.02 Å². The highest BCUT2D eigenvalue weighted by atomic mass is 35.5. The number of methoxy groups -OCH3 is 1. The number of likely N-dealkylation sites (tertiary alicyclic amines) is 1. The number of nitrogens with zero attached hydrogens (tertiary/aromatic N) is 1. The van der Waals surface area contributed by atoms with Gasteiger partial charge in [0.2, 0.25) is 0 Å². The van der Waals surface area contributed by atoms with Gasteiger partial charge in [-0.05, 0) is 49.7 Å². The minimum Gasteiger partial charge on any atom is -0.496 e. The maximum absolute atomic E-state index is 12.8. The summed E-state index contributed by atoms with van der Waals surface area (Å²) in [5, 5.41) is 3.85. The number of hydrogen-bond donors (Lipinski definition) is 1. The van der Waals surface area contributed by atoms with E-state index in [-0.39, 0.29) is 11.9 Å². The number of benzene rings is 2. The van der Waals surface area contributed by atoms with Gasteiger partial charge in [0.25, 0.3) is 5.91 Å². The Morgan fingerprint density at radius 3 is 2.44 bits per heavy atom. The molecule has 2 aromatic carbocycles. The topological polar surface area (TPSA) is 41.6 Å². The Labute approximate surface area is 166 Å². The minimum absolute atomic E-state index is 0.0652. The average molecular weight is 387 g/mol. The van der Waals surface area contributed by atoms with E-state index in [2.05, 4.69) is 16.3 Å². The van der Waals surface area contributed by atoms with Gasteiger partial charge in [0.15, 0.2) is 0 Å². The second-order valence-corrected chi connectivity index (χ2v) is 7.31. The maximum atomic E-state index is 12.8. The van der Waals surface area contributed by atoms with Gasteiger partial charge in [-0.1, -0.05) is 54.8 Å². The van der Waals surface area contributed by atoms with Crippen molar-refractivity contribution in [3.63, 3.8) is 0 Å². The van der Waals surface area contributed by atoms with Crippen molar-refractivity contribution in [1.29, 1.82) is 0 Å². The Balaban J connectivity index is 1.79. The number of halogens is 1. The number of nitrogens with one attached hydrogen (secondary N) is 1. The fourth-order valence-electron chi connectivity index (χ4n) is 3.70. The molecule has 1 saturated heterocycles. The molecule has 1 amide bonds. The summed E-state index contributed by atoms with van der Waals surface area (Å²) in [6.45, 7) is 2.57. The molecule has 2 aromatic rings. The van der Waals surface area contributed by atoms with Crippen LogP contribution in [0.5, 0.6) is 5.75 Å². The summed E-state index contributed by atoms with van der Waals surface area (Å²) < 4.78 is 5.32. The highest BCUT2D eigenvalue weighted by Crippen LogP contribution is 2.29. The van der Waals surface area contributed by atoms with Crippen molar-refractivity contribution in [3.05, 3.63) is 64.7 Å². The summed E-state index contributed by atoms with van der Waals surface area (Å²) in [5.74, 6) is 0.457. The lowest BCUT2D eigenvalue weighted by molar-refractivity contribution is 0.0930. The van der Waals surface area contributed by atoms with Crippen LogP contribution in [-0.2, 0) is 0 Å². The highest BCUT2D eigenvalue weighted by Gasteiger charge is 2.24. The molecule has 1 atom stereocenters. The highest BCUT2D eigenvalue weighted by molar-refractivity contribution is 6.31. The Morgan fingerprint density at radius 1 is 1.07 bits per heavy atom. The number of rotatable bonds is 6. The molecule has 0 aromatic heterocycles. The van der Waals surface area contributed by atoms with Crippen LogP contribution < -0.4 is 10.1 Å². The fourth-order valence-corrected chi connectivity index (χ4v) is 3.97. The lowest BCUT2D eigenvalue weighted by Crippen LogP contribution is -2.39. The van der Waals surface area contributed by atoms with Gasteiger partial charge in [0.1, 0.15) is 5.75 Å². The molecule has 4 nitrogen and oxygen atoms in total. The number of ether oxygens (including phenoxy) is 1. The number of carbonyl (C=O) groups excluding carboxylic acids is 1. The quantitative estimate of drug-likeness (QED) is 0.782. The van der Waals surface area contributed by atoms with Crippen LogP contribution in [0.1, 0.15) is 47.6 Å². The zero-order chi connectivity index (χ0) is 19.1. The molecule has 1 N–H and O–H groups in total. The summed E-state index contributed by atoms with van der Waals surface area (Å²) in [5.41, 5.74) is 1.62. The van der Waals surface area contributed by atoms with Crippen LogP contribution >= 0.6 is 11.6 Å². The Bertz CT molecular complexity index is 757. The van der Waals surface area contributed by atoms with E-state index in [1.54, 1.807) is 19.2 Å². The molecule has 1 aliphatic heterocycles. The number of amides is 1. The van der Waals surface area contributed by atoms with Crippen LogP contribution in [0.4, 0.5) is 0 Å². The van der Waals surface area contributed by atoms with Crippen LogP contribution in [0, 0.1) is 0 Å². The van der Waals surface area contributed by atoms with Gasteiger partial charge >= 0.3 is 0 Å². The van der Waals surface area contributed by atoms with E-state index < -0.39 is 0 Å². The molecule has 1 aliphatic rings. The summed E-state index contributed by atoms with van der Waals surface area (Å²) in [6, 6.07) is 15.3. The van der Waals surface area contributed by atoms with Gasteiger partial charge in [0, 0.05) is 11.6 Å². The molecule has 3 rings (SSSR count). The van der Waals surface area contributed by atoms with Crippen molar-refractivity contribution < 1.29 is 9.53 Å². The standard InChI is InChI=1S/C22H27ClN2O2/c1-27-21-13-7-5-11-18(21)22(26)24-16-20(17-10-4-6-12-19(17)23)25-14-8-2-3-9-15-25/h4-7,10-13,20H,2-3,8-9,14-16H2,1H3,(H,24,26). The molecular weight excluding hydrogens is 360 g/mol. The predicted molar refractivity (Wildman–Crippen MR) is 110 cm³/mol. The summed E-state index contributed by atoms with van der Waals surface area (Å²) in [4.78, 5) is 15.2. The second-order valence-electron chi connectivity index (χ2n) is 6.90. The first-order valence-electron chi connectivity index (χ1n) is 9.60. The molecule has 0 bridgehead atoms. The largest absolute Gasteiger partial charge is 0.496 e. The maximum Gasteiger partial charge on any atom is 0.255 e. The van der Waals surface area contributed by atoms with Crippen molar-refractivity contribution in [2.75, 3.05) is 26.7 Å². The van der Waals surface area contributed by atoms with Crippen LogP contribution in [0.25, 0.3) is 0 Å². The smallest absolute Gasteiger partial charge is 0.255 e. The monoisotopic (exact) mass is 386 g/mol. The molecule has 1 fully saturated rings. The summed E-state index contributed by atoms with van der Waals surface area (Å²) >= 11 is 6.50. The van der Waals surface area contributed by atoms with Crippen LogP contribution in [-0.4, -0.2) is 37.6 Å². The van der Waals surface area contributed by atoms with E-state index in [0.29, 0.717) is 17.9 Å². The first-order chi connectivity index (χ1) is 13.2. The second kappa shape index (κ2) is 9.77. The van der Waals surface area contributed by atoms with Crippen molar-refractivity contribution >= 4 is 17.5 Å². The van der Waals surface area contributed by atoms with Crippen LogP contribution in [0.3, 0.4) is 0 Å². The summed E-state index contributed by atoms with van der Waals surface area (Å²) in [6.07, 6.45) is 4.89. The minimum atomic E-state index is -0.126. The van der Waals surface area contributed by atoms with Gasteiger partial charge in [0.05, 0.1) is 18.7 Å². The summed E-state index contributed by atoms with van der Waals surface area (Å²) in [7, 11) is 1.58.